The molecule has 4 heteroatoms. The minimum atomic E-state index is -0.749. The van der Waals surface area contributed by atoms with E-state index in [4.69, 9.17) is 14.2 Å². The van der Waals surface area contributed by atoms with Crippen LogP contribution in [-0.4, -0.2) is 35.8 Å². The molecule has 2 aromatic carbocycles. The number of allylic oxidation sites excluding steroid dienone is 1. The van der Waals surface area contributed by atoms with Crippen LogP contribution < -0.4 is 4.74 Å². The summed E-state index contributed by atoms with van der Waals surface area (Å²) < 4.78 is 17.7. The van der Waals surface area contributed by atoms with E-state index in [0.29, 0.717) is 13.2 Å². The predicted molar refractivity (Wildman–Crippen MR) is 158 cm³/mol. The molecule has 210 valence electrons. The van der Waals surface area contributed by atoms with Crippen molar-refractivity contribution in [2.75, 3.05) is 13.2 Å². The van der Waals surface area contributed by atoms with E-state index in [9.17, 15) is 5.11 Å². The Balaban J connectivity index is 1.90. The molecule has 2 aromatic rings. The maximum Gasteiger partial charge on any atom is 0.163 e. The Labute approximate surface area is 231 Å². The molecule has 3 rings (SSSR count). The van der Waals surface area contributed by atoms with Crippen LogP contribution in [0.5, 0.6) is 5.75 Å². The van der Waals surface area contributed by atoms with Crippen molar-refractivity contribution in [1.29, 1.82) is 0 Å². The zero-order valence-electron chi connectivity index (χ0n) is 25.2. The number of rotatable bonds is 12. The van der Waals surface area contributed by atoms with E-state index in [1.165, 1.54) is 27.8 Å². The lowest BCUT2D eigenvalue weighted by atomic mass is 9.69. The highest BCUT2D eigenvalue weighted by atomic mass is 16.7. The Morgan fingerprint density at radius 3 is 2.03 bits per heavy atom. The van der Waals surface area contributed by atoms with Crippen LogP contribution in [0.2, 0.25) is 0 Å². The van der Waals surface area contributed by atoms with Crippen molar-refractivity contribution in [2.24, 2.45) is 0 Å². The van der Waals surface area contributed by atoms with Crippen molar-refractivity contribution in [2.45, 2.75) is 117 Å². The fourth-order valence-electron chi connectivity index (χ4n) is 5.84. The number of benzene rings is 2. The Morgan fingerprint density at radius 2 is 1.55 bits per heavy atom. The van der Waals surface area contributed by atoms with Crippen LogP contribution >= 0.6 is 0 Å². The smallest absolute Gasteiger partial charge is 0.163 e. The molecule has 1 atom stereocenters. The highest BCUT2D eigenvalue weighted by Gasteiger charge is 2.34. The molecule has 0 bridgehead atoms. The lowest BCUT2D eigenvalue weighted by Crippen LogP contribution is -2.27. The van der Waals surface area contributed by atoms with Gasteiger partial charge in [0.05, 0.1) is 12.2 Å². The van der Waals surface area contributed by atoms with E-state index < -0.39 is 11.4 Å². The second kappa shape index (κ2) is 12.4. The molecule has 0 amide bonds. The largest absolute Gasteiger partial charge is 0.491 e. The molecule has 4 nitrogen and oxygen atoms in total. The topological polar surface area (TPSA) is 47.9 Å². The number of ether oxygens (including phenoxy) is 3. The number of hydrogen-bond acceptors (Lipinski definition) is 4. The third-order valence-corrected chi connectivity index (χ3v) is 8.60. The first-order valence-corrected chi connectivity index (χ1v) is 14.6. The molecule has 0 aliphatic carbocycles. The summed E-state index contributed by atoms with van der Waals surface area (Å²) in [6, 6.07) is 13.6. The van der Waals surface area contributed by atoms with Crippen LogP contribution in [0.1, 0.15) is 108 Å². The second-order valence-corrected chi connectivity index (χ2v) is 11.4. The van der Waals surface area contributed by atoms with Gasteiger partial charge in [0.2, 0.25) is 0 Å². The van der Waals surface area contributed by atoms with E-state index in [1.54, 1.807) is 0 Å². The van der Waals surface area contributed by atoms with Gasteiger partial charge in [-0.2, -0.15) is 0 Å². The maximum absolute atomic E-state index is 11.0. The molecule has 1 fully saturated rings. The van der Waals surface area contributed by atoms with E-state index >= 15 is 0 Å². The molecule has 0 radical (unpaired) electrons. The number of aliphatic hydroxyl groups is 1. The summed E-state index contributed by atoms with van der Waals surface area (Å²) in [6.45, 7) is 20.1. The summed E-state index contributed by atoms with van der Waals surface area (Å²) in [5, 5.41) is 11.0. The van der Waals surface area contributed by atoms with Crippen LogP contribution in [-0.2, 0) is 14.9 Å². The van der Waals surface area contributed by atoms with Crippen molar-refractivity contribution < 1.29 is 19.3 Å². The van der Waals surface area contributed by atoms with Crippen LogP contribution in [0.25, 0.3) is 5.57 Å². The quantitative estimate of drug-likeness (QED) is 0.305. The zero-order chi connectivity index (χ0) is 28.1. The average molecular weight is 523 g/mol. The lowest BCUT2D eigenvalue weighted by molar-refractivity contribution is -0.141. The first-order valence-electron chi connectivity index (χ1n) is 14.6. The standard InChI is InChI=1S/C34H50O4/c1-10-26(21-33(35,11-2)12-3)30-17-15-27(19-24(30)6)34(13-4,14-5)28-16-18-31(25(7)20-28)36-22-29-23-37-32(8,9)38-29/h15-21,29,35H,10-14,22-23H2,1-9H3. The van der Waals surface area contributed by atoms with E-state index in [2.05, 4.69) is 90.9 Å². The van der Waals surface area contributed by atoms with Crippen LogP contribution in [0, 0.1) is 13.8 Å². The van der Waals surface area contributed by atoms with Gasteiger partial charge in [-0.3, -0.25) is 0 Å². The first-order chi connectivity index (χ1) is 18.0. The second-order valence-electron chi connectivity index (χ2n) is 11.4. The molecule has 1 aliphatic rings. The summed E-state index contributed by atoms with van der Waals surface area (Å²) in [5.74, 6) is 0.357. The first kappa shape index (κ1) is 30.4. The molecule has 0 saturated carbocycles. The van der Waals surface area contributed by atoms with Gasteiger partial charge in [0, 0.05) is 5.41 Å². The third kappa shape index (κ3) is 6.52. The lowest BCUT2D eigenvalue weighted by Gasteiger charge is -2.34. The van der Waals surface area contributed by atoms with Crippen molar-refractivity contribution in [1.82, 2.24) is 0 Å². The third-order valence-electron chi connectivity index (χ3n) is 8.60. The van der Waals surface area contributed by atoms with Crippen molar-refractivity contribution in [3.05, 3.63) is 70.3 Å². The number of hydrogen-bond donors (Lipinski definition) is 1. The minimum Gasteiger partial charge on any atom is -0.491 e. The molecular weight excluding hydrogens is 472 g/mol. The van der Waals surface area contributed by atoms with Crippen LogP contribution in [0.4, 0.5) is 0 Å². The Hall–Kier alpha value is -2.14. The van der Waals surface area contributed by atoms with E-state index in [-0.39, 0.29) is 11.5 Å². The predicted octanol–water partition coefficient (Wildman–Crippen LogP) is 8.28. The minimum absolute atomic E-state index is 0.0522. The van der Waals surface area contributed by atoms with Crippen LogP contribution in [0.3, 0.4) is 0 Å². The van der Waals surface area contributed by atoms with Crippen LogP contribution in [0.15, 0.2) is 42.5 Å². The van der Waals surface area contributed by atoms with Gasteiger partial charge in [0.1, 0.15) is 18.5 Å². The van der Waals surface area contributed by atoms with Gasteiger partial charge < -0.3 is 19.3 Å². The molecule has 0 aromatic heterocycles. The van der Waals surface area contributed by atoms with E-state index in [0.717, 1.165) is 43.4 Å². The highest BCUT2D eigenvalue weighted by Crippen LogP contribution is 2.42. The molecule has 0 spiro atoms. The van der Waals surface area contributed by atoms with E-state index in [1.807, 2.05) is 13.8 Å². The molecule has 1 heterocycles. The molecule has 1 aliphatic heterocycles. The Kier molecular flexibility index (Phi) is 9.89. The summed E-state index contributed by atoms with van der Waals surface area (Å²) >= 11 is 0. The molecule has 1 unspecified atom stereocenters. The normalized spacial score (nSPS) is 18.2. The number of aryl methyl sites for hydroxylation is 2. The molecular formula is C34H50O4. The van der Waals surface area contributed by atoms with Gasteiger partial charge in [0.15, 0.2) is 5.79 Å². The summed E-state index contributed by atoms with van der Waals surface area (Å²) in [4.78, 5) is 0. The summed E-state index contributed by atoms with van der Waals surface area (Å²) in [6.07, 6.45) is 6.38. The van der Waals surface area contributed by atoms with Gasteiger partial charge in [-0.15, -0.1) is 0 Å². The fraction of sp³-hybridized carbons (Fsp3) is 0.588. The molecule has 1 saturated heterocycles. The molecule has 1 N–H and O–H groups in total. The van der Waals surface area contributed by atoms with Crippen molar-refractivity contribution in [3.63, 3.8) is 0 Å². The van der Waals surface area contributed by atoms with Gasteiger partial charge in [0.25, 0.3) is 0 Å². The highest BCUT2D eigenvalue weighted by molar-refractivity contribution is 5.69. The molecule has 38 heavy (non-hydrogen) atoms. The summed E-state index contributed by atoms with van der Waals surface area (Å²) in [7, 11) is 0. The van der Waals surface area contributed by atoms with Crippen molar-refractivity contribution >= 4 is 5.57 Å². The van der Waals surface area contributed by atoms with Gasteiger partial charge >= 0.3 is 0 Å². The Bertz CT molecular complexity index is 1110. The Morgan fingerprint density at radius 1 is 0.947 bits per heavy atom. The average Bonchev–Trinajstić information content (AvgIpc) is 3.26. The maximum atomic E-state index is 11.0. The van der Waals surface area contributed by atoms with Gasteiger partial charge in [-0.25, -0.2) is 0 Å². The SMILES string of the molecule is CCC(=CC(O)(CC)CC)c1ccc(C(CC)(CC)c2ccc(OCC3COC(C)(C)O3)c(C)c2)cc1C. The monoisotopic (exact) mass is 522 g/mol. The fourth-order valence-corrected chi connectivity index (χ4v) is 5.84. The summed E-state index contributed by atoms with van der Waals surface area (Å²) in [5.41, 5.74) is 6.68. The van der Waals surface area contributed by atoms with Crippen molar-refractivity contribution in [3.8, 4) is 5.75 Å². The van der Waals surface area contributed by atoms with Gasteiger partial charge in [-0.1, -0.05) is 65.0 Å². The zero-order valence-corrected chi connectivity index (χ0v) is 25.2. The van der Waals surface area contributed by atoms with Gasteiger partial charge in [-0.05, 0) is 105 Å².